The number of aliphatic hydroxyl groups excluding tert-OH is 1. The molecule has 322 valence electrons. The van der Waals surface area contributed by atoms with Gasteiger partial charge in [0.25, 0.3) is 0 Å². The van der Waals surface area contributed by atoms with Gasteiger partial charge in [0.15, 0.2) is 0 Å². The van der Waals surface area contributed by atoms with Gasteiger partial charge < -0.3 is 19.8 Å². The number of hydrogen-bond acceptors (Lipinski definition) is 5. The zero-order chi connectivity index (χ0) is 40.0. The summed E-state index contributed by atoms with van der Waals surface area (Å²) in [6.07, 6.45) is 42.3. The van der Waals surface area contributed by atoms with E-state index in [-0.39, 0.29) is 19.1 Å². The van der Waals surface area contributed by atoms with E-state index in [1.54, 1.807) is 0 Å². The molecule has 0 bridgehead atoms. The number of likely N-dealkylation sites (N-methyl/N-ethyl adjacent to an activating group) is 1. The van der Waals surface area contributed by atoms with E-state index < -0.39 is 20.0 Å². The minimum absolute atomic E-state index is 0.0750. The zero-order valence-electron chi connectivity index (χ0n) is 36.5. The van der Waals surface area contributed by atoms with Crippen LogP contribution in [0.5, 0.6) is 0 Å². The molecule has 1 amide bonds. The maximum absolute atomic E-state index is 12.9. The summed E-state index contributed by atoms with van der Waals surface area (Å²) in [4.78, 5) is 23.2. The standard InChI is InChI=1S/C45H91N2O6P/c1-6-8-10-12-14-16-18-20-22-24-26-28-30-32-34-36-38-44(48)43(42-53-54(50,51)52-41-40-47(3,4)5)46-45(49)39-37-35-33-31-29-27-25-23-21-19-17-15-13-11-9-7-2/h23,25,43-44,48H,6-22,24,26-42H2,1-5H3,(H-,46,49,50,51)/p+1/b25-23-. The maximum atomic E-state index is 12.9. The molecule has 0 radical (unpaired) electrons. The molecule has 0 fully saturated rings. The van der Waals surface area contributed by atoms with Crippen LogP contribution in [0.25, 0.3) is 0 Å². The van der Waals surface area contributed by atoms with Crippen molar-refractivity contribution in [1.82, 2.24) is 5.32 Å². The molecule has 0 aromatic heterocycles. The number of phosphoric acid groups is 1. The fourth-order valence-electron chi connectivity index (χ4n) is 6.81. The number of quaternary nitrogens is 1. The van der Waals surface area contributed by atoms with E-state index in [1.807, 2.05) is 21.1 Å². The topological polar surface area (TPSA) is 105 Å². The molecule has 0 rings (SSSR count). The summed E-state index contributed by atoms with van der Waals surface area (Å²) >= 11 is 0. The molecule has 0 saturated carbocycles. The van der Waals surface area contributed by atoms with Crippen LogP contribution in [0.3, 0.4) is 0 Å². The van der Waals surface area contributed by atoms with Crippen molar-refractivity contribution in [2.24, 2.45) is 0 Å². The largest absolute Gasteiger partial charge is 0.472 e. The molecule has 3 N–H and O–H groups in total. The van der Waals surface area contributed by atoms with Crippen LogP contribution in [0.15, 0.2) is 12.2 Å². The number of phosphoric ester groups is 1. The molecule has 3 unspecified atom stereocenters. The lowest BCUT2D eigenvalue weighted by Crippen LogP contribution is -2.46. The van der Waals surface area contributed by atoms with Gasteiger partial charge in [0.1, 0.15) is 13.2 Å². The minimum Gasteiger partial charge on any atom is -0.391 e. The molecule has 3 atom stereocenters. The summed E-state index contributed by atoms with van der Waals surface area (Å²) in [5, 5.41) is 14.0. The predicted octanol–water partition coefficient (Wildman–Crippen LogP) is 12.8. The second kappa shape index (κ2) is 37.8. The van der Waals surface area contributed by atoms with Crippen LogP contribution in [-0.4, -0.2) is 73.4 Å². The van der Waals surface area contributed by atoms with Crippen molar-refractivity contribution in [1.29, 1.82) is 0 Å². The number of unbranched alkanes of at least 4 members (excludes halogenated alkanes) is 27. The first-order chi connectivity index (χ1) is 26.0. The minimum atomic E-state index is -4.31. The van der Waals surface area contributed by atoms with Gasteiger partial charge in [-0.05, 0) is 38.5 Å². The number of allylic oxidation sites excluding steroid dienone is 2. The number of aliphatic hydroxyl groups is 1. The molecule has 0 aromatic rings. The Bertz CT molecular complexity index is 896. The van der Waals surface area contributed by atoms with Crippen molar-refractivity contribution in [2.45, 2.75) is 231 Å². The van der Waals surface area contributed by atoms with Crippen molar-refractivity contribution < 1.29 is 32.9 Å². The molecular formula is C45H92N2O6P+. The molecule has 0 aliphatic heterocycles. The van der Waals surface area contributed by atoms with Crippen LogP contribution in [0, 0.1) is 0 Å². The van der Waals surface area contributed by atoms with Crippen LogP contribution in [0.1, 0.15) is 219 Å². The Balaban J connectivity index is 4.35. The summed E-state index contributed by atoms with van der Waals surface area (Å²) in [7, 11) is 1.62. The lowest BCUT2D eigenvalue weighted by Gasteiger charge is -2.26. The second-order valence-corrected chi connectivity index (χ2v) is 18.6. The van der Waals surface area contributed by atoms with E-state index in [2.05, 4.69) is 31.3 Å². The average molecular weight is 788 g/mol. The van der Waals surface area contributed by atoms with Crippen LogP contribution in [0.4, 0.5) is 0 Å². The van der Waals surface area contributed by atoms with E-state index in [0.29, 0.717) is 23.9 Å². The highest BCUT2D eigenvalue weighted by molar-refractivity contribution is 7.47. The molecule has 54 heavy (non-hydrogen) atoms. The highest BCUT2D eigenvalue weighted by Gasteiger charge is 2.28. The molecule has 0 aliphatic rings. The third kappa shape index (κ3) is 39.5. The Hall–Kier alpha value is -0.760. The first-order valence-corrected chi connectivity index (χ1v) is 24.5. The molecule has 0 heterocycles. The van der Waals surface area contributed by atoms with Crippen molar-refractivity contribution >= 4 is 13.7 Å². The summed E-state index contributed by atoms with van der Waals surface area (Å²) in [5.41, 5.74) is 0. The van der Waals surface area contributed by atoms with Crippen LogP contribution >= 0.6 is 7.82 Å². The third-order valence-corrected chi connectivity index (χ3v) is 11.5. The van der Waals surface area contributed by atoms with Gasteiger partial charge in [-0.25, -0.2) is 4.57 Å². The number of hydrogen-bond donors (Lipinski definition) is 3. The third-order valence-electron chi connectivity index (χ3n) is 10.5. The van der Waals surface area contributed by atoms with Crippen LogP contribution in [-0.2, 0) is 18.4 Å². The highest BCUT2D eigenvalue weighted by atomic mass is 31.2. The zero-order valence-corrected chi connectivity index (χ0v) is 37.4. The van der Waals surface area contributed by atoms with Crippen molar-refractivity contribution in [3.8, 4) is 0 Å². The van der Waals surface area contributed by atoms with E-state index in [1.165, 1.54) is 141 Å². The van der Waals surface area contributed by atoms with Gasteiger partial charge in [0.2, 0.25) is 5.91 Å². The highest BCUT2D eigenvalue weighted by Crippen LogP contribution is 2.43. The Morgan fingerprint density at radius 1 is 0.611 bits per heavy atom. The summed E-state index contributed by atoms with van der Waals surface area (Å²) in [6, 6.07) is -0.760. The van der Waals surface area contributed by atoms with Gasteiger partial charge in [-0.2, -0.15) is 0 Å². The second-order valence-electron chi connectivity index (χ2n) is 17.1. The lowest BCUT2D eigenvalue weighted by molar-refractivity contribution is -0.870. The summed E-state index contributed by atoms with van der Waals surface area (Å²) in [6.45, 7) is 4.89. The van der Waals surface area contributed by atoms with Crippen LogP contribution in [0.2, 0.25) is 0 Å². The molecule has 9 heteroatoms. The van der Waals surface area contributed by atoms with Crippen molar-refractivity contribution in [3.05, 3.63) is 12.2 Å². The maximum Gasteiger partial charge on any atom is 0.472 e. The number of nitrogens with zero attached hydrogens (tertiary/aromatic N) is 1. The number of carbonyl (C=O) groups is 1. The molecule has 0 saturated heterocycles. The first kappa shape index (κ1) is 53.2. The van der Waals surface area contributed by atoms with Gasteiger partial charge in [0.05, 0.1) is 39.9 Å². The van der Waals surface area contributed by atoms with E-state index in [9.17, 15) is 19.4 Å². The Morgan fingerprint density at radius 3 is 1.43 bits per heavy atom. The predicted molar refractivity (Wildman–Crippen MR) is 231 cm³/mol. The first-order valence-electron chi connectivity index (χ1n) is 23.1. The van der Waals surface area contributed by atoms with Gasteiger partial charge in [-0.15, -0.1) is 0 Å². The van der Waals surface area contributed by atoms with E-state index in [4.69, 9.17) is 9.05 Å². The van der Waals surface area contributed by atoms with Crippen molar-refractivity contribution in [2.75, 3.05) is 40.9 Å². The average Bonchev–Trinajstić information content (AvgIpc) is 3.12. The molecule has 8 nitrogen and oxygen atoms in total. The molecule has 0 aliphatic carbocycles. The number of nitrogens with one attached hydrogen (secondary N) is 1. The van der Waals surface area contributed by atoms with Gasteiger partial charge in [-0.1, -0.05) is 187 Å². The summed E-state index contributed by atoms with van der Waals surface area (Å²) in [5.74, 6) is -0.151. The Labute approximate surface area is 335 Å². The number of carbonyl (C=O) groups excluding carboxylic acids is 1. The van der Waals surface area contributed by atoms with Gasteiger partial charge in [0, 0.05) is 6.42 Å². The number of amides is 1. The smallest absolute Gasteiger partial charge is 0.391 e. The number of rotatable bonds is 42. The molecule has 0 aromatic carbocycles. The molecular weight excluding hydrogens is 695 g/mol. The van der Waals surface area contributed by atoms with E-state index in [0.717, 1.165) is 51.4 Å². The van der Waals surface area contributed by atoms with E-state index >= 15 is 0 Å². The normalized spacial score (nSPS) is 14.4. The SMILES string of the molecule is CCCCCCCCC/C=C\CCCCCCCC(=O)NC(COP(=O)(O)OCC[N+](C)(C)C)C(O)CCCCCCCCCCCCCCCCCC. The Kier molecular flexibility index (Phi) is 37.3. The Morgan fingerprint density at radius 2 is 1.00 bits per heavy atom. The molecule has 0 spiro atoms. The fourth-order valence-corrected chi connectivity index (χ4v) is 7.54. The fraction of sp³-hybridized carbons (Fsp3) is 0.933. The van der Waals surface area contributed by atoms with Gasteiger partial charge in [-0.3, -0.25) is 13.8 Å². The van der Waals surface area contributed by atoms with Crippen LogP contribution < -0.4 is 5.32 Å². The summed E-state index contributed by atoms with van der Waals surface area (Å²) < 4.78 is 23.6. The lowest BCUT2D eigenvalue weighted by atomic mass is 10.0. The quantitative estimate of drug-likeness (QED) is 0.0246. The van der Waals surface area contributed by atoms with Crippen molar-refractivity contribution in [3.63, 3.8) is 0 Å². The van der Waals surface area contributed by atoms with Gasteiger partial charge >= 0.3 is 7.82 Å². The monoisotopic (exact) mass is 788 g/mol.